The summed E-state index contributed by atoms with van der Waals surface area (Å²) in [6.45, 7) is 4.92. The zero-order valence-electron chi connectivity index (χ0n) is 17.2. The number of nitrogens with one attached hydrogen (secondary N) is 1. The van der Waals surface area contributed by atoms with Crippen molar-refractivity contribution in [3.63, 3.8) is 0 Å². The first-order valence-electron chi connectivity index (χ1n) is 9.85. The molecule has 1 amide bonds. The highest BCUT2D eigenvalue weighted by atomic mass is 32.2. The van der Waals surface area contributed by atoms with Gasteiger partial charge in [-0.2, -0.15) is 4.31 Å². The Morgan fingerprint density at radius 1 is 0.968 bits per heavy atom. The van der Waals surface area contributed by atoms with Gasteiger partial charge in [0.1, 0.15) is 0 Å². The van der Waals surface area contributed by atoms with Crippen molar-refractivity contribution in [2.45, 2.75) is 24.7 Å². The van der Waals surface area contributed by atoms with Crippen LogP contribution >= 0.6 is 0 Å². The molecule has 0 atom stereocenters. The number of rotatable bonds is 6. The van der Waals surface area contributed by atoms with E-state index in [2.05, 4.69) is 5.32 Å². The average molecular weight is 456 g/mol. The van der Waals surface area contributed by atoms with Crippen molar-refractivity contribution >= 4 is 21.6 Å². The van der Waals surface area contributed by atoms with E-state index in [1.807, 2.05) is 13.8 Å². The minimum absolute atomic E-state index is 0.130. The fourth-order valence-electron chi connectivity index (χ4n) is 3.32. The summed E-state index contributed by atoms with van der Waals surface area (Å²) in [6, 6.07) is 8.47. The molecule has 1 saturated heterocycles. The summed E-state index contributed by atoms with van der Waals surface area (Å²) in [5.41, 5.74) is 0.599. The number of anilines is 1. The van der Waals surface area contributed by atoms with Crippen LogP contribution < -0.4 is 5.32 Å². The van der Waals surface area contributed by atoms with Crippen LogP contribution in [0.3, 0.4) is 0 Å². The molecule has 168 valence electrons. The van der Waals surface area contributed by atoms with E-state index in [1.54, 1.807) is 29.2 Å². The van der Waals surface area contributed by atoms with Gasteiger partial charge in [0, 0.05) is 26.2 Å². The summed E-state index contributed by atoms with van der Waals surface area (Å²) >= 11 is 0. The largest absolute Gasteiger partial charge is 0.322 e. The second-order valence-electron chi connectivity index (χ2n) is 7.68. The standard InChI is InChI=1S/C21H24F3N3O3S/c1-14(2)15-3-5-16(6-4-15)31(29,30)27-11-9-26(10-12-27)13-19(28)25-18-8-7-17(22)20(23)21(18)24/h3-8,14H,9-13H2,1-2H3,(H,25,28). The van der Waals surface area contributed by atoms with Gasteiger partial charge in [0.05, 0.1) is 17.1 Å². The first-order valence-corrected chi connectivity index (χ1v) is 11.3. The first-order chi connectivity index (χ1) is 14.6. The Bertz CT molecular complexity index is 1050. The Morgan fingerprint density at radius 3 is 2.16 bits per heavy atom. The number of piperazine rings is 1. The van der Waals surface area contributed by atoms with Crippen molar-refractivity contribution in [3.8, 4) is 0 Å². The van der Waals surface area contributed by atoms with Crippen molar-refractivity contribution in [2.75, 3.05) is 38.0 Å². The van der Waals surface area contributed by atoms with Crippen molar-refractivity contribution in [2.24, 2.45) is 0 Å². The Balaban J connectivity index is 1.56. The number of hydrogen-bond donors (Lipinski definition) is 1. The second-order valence-corrected chi connectivity index (χ2v) is 9.61. The third-order valence-electron chi connectivity index (χ3n) is 5.19. The van der Waals surface area contributed by atoms with Crippen molar-refractivity contribution < 1.29 is 26.4 Å². The zero-order chi connectivity index (χ0) is 22.8. The van der Waals surface area contributed by atoms with E-state index in [0.717, 1.165) is 17.7 Å². The molecule has 1 aliphatic heterocycles. The third kappa shape index (κ3) is 5.25. The van der Waals surface area contributed by atoms with Gasteiger partial charge in [-0.15, -0.1) is 0 Å². The van der Waals surface area contributed by atoms with Gasteiger partial charge in [0.25, 0.3) is 0 Å². The lowest BCUT2D eigenvalue weighted by atomic mass is 10.0. The maximum atomic E-state index is 13.7. The third-order valence-corrected chi connectivity index (χ3v) is 7.11. The van der Waals surface area contributed by atoms with E-state index in [1.165, 1.54) is 4.31 Å². The molecule has 31 heavy (non-hydrogen) atoms. The summed E-state index contributed by atoms with van der Waals surface area (Å²) in [7, 11) is -3.64. The molecule has 0 saturated carbocycles. The van der Waals surface area contributed by atoms with Gasteiger partial charge in [-0.25, -0.2) is 21.6 Å². The molecule has 1 fully saturated rings. The fraction of sp³-hybridized carbons (Fsp3) is 0.381. The number of carbonyl (C=O) groups is 1. The van der Waals surface area contributed by atoms with Crippen LogP contribution in [0.5, 0.6) is 0 Å². The number of halogens is 3. The monoisotopic (exact) mass is 455 g/mol. The van der Waals surface area contributed by atoms with Crippen molar-refractivity contribution in [3.05, 3.63) is 59.4 Å². The first kappa shape index (κ1) is 23.2. The Hall–Kier alpha value is -2.43. The van der Waals surface area contributed by atoms with E-state index >= 15 is 0 Å². The highest BCUT2D eigenvalue weighted by Gasteiger charge is 2.29. The molecule has 2 aromatic rings. The Morgan fingerprint density at radius 2 is 1.58 bits per heavy atom. The van der Waals surface area contributed by atoms with E-state index < -0.39 is 39.1 Å². The van der Waals surface area contributed by atoms with Gasteiger partial charge in [-0.1, -0.05) is 26.0 Å². The number of benzene rings is 2. The molecule has 10 heteroatoms. The SMILES string of the molecule is CC(C)c1ccc(S(=O)(=O)N2CCN(CC(=O)Nc3ccc(F)c(F)c3F)CC2)cc1. The zero-order valence-corrected chi connectivity index (χ0v) is 18.1. The molecule has 0 spiro atoms. The van der Waals surface area contributed by atoms with E-state index in [-0.39, 0.29) is 24.5 Å². The normalized spacial score (nSPS) is 15.9. The number of sulfonamides is 1. The molecule has 1 aliphatic rings. The van der Waals surface area contributed by atoms with Crippen LogP contribution in [0.25, 0.3) is 0 Å². The molecular weight excluding hydrogens is 431 g/mol. The molecule has 0 aliphatic carbocycles. The molecule has 3 rings (SSSR count). The summed E-state index contributed by atoms with van der Waals surface area (Å²) < 4.78 is 67.0. The van der Waals surface area contributed by atoms with Crippen LogP contribution in [0.2, 0.25) is 0 Å². The highest BCUT2D eigenvalue weighted by molar-refractivity contribution is 7.89. The van der Waals surface area contributed by atoms with E-state index in [4.69, 9.17) is 0 Å². The molecule has 2 aromatic carbocycles. The quantitative estimate of drug-likeness (QED) is 0.680. The highest BCUT2D eigenvalue weighted by Crippen LogP contribution is 2.22. The maximum absolute atomic E-state index is 13.7. The smallest absolute Gasteiger partial charge is 0.243 e. The average Bonchev–Trinajstić information content (AvgIpc) is 2.74. The summed E-state index contributed by atoms with van der Waals surface area (Å²) in [5.74, 6) is -4.77. The predicted octanol–water partition coefficient (Wildman–Crippen LogP) is 3.17. The topological polar surface area (TPSA) is 69.7 Å². The van der Waals surface area contributed by atoms with E-state index in [0.29, 0.717) is 19.0 Å². The van der Waals surface area contributed by atoms with Crippen LogP contribution in [0.4, 0.5) is 18.9 Å². The molecule has 0 radical (unpaired) electrons. The van der Waals surface area contributed by atoms with Crippen molar-refractivity contribution in [1.82, 2.24) is 9.21 Å². The van der Waals surface area contributed by atoms with E-state index in [9.17, 15) is 26.4 Å². The van der Waals surface area contributed by atoms with Gasteiger partial charge in [0.15, 0.2) is 17.5 Å². The minimum atomic E-state index is -3.64. The van der Waals surface area contributed by atoms with Crippen molar-refractivity contribution in [1.29, 1.82) is 0 Å². The summed E-state index contributed by atoms with van der Waals surface area (Å²) in [6.07, 6.45) is 0. The molecule has 1 heterocycles. The molecule has 6 nitrogen and oxygen atoms in total. The van der Waals surface area contributed by atoms with Gasteiger partial charge >= 0.3 is 0 Å². The second kappa shape index (κ2) is 9.37. The summed E-state index contributed by atoms with van der Waals surface area (Å²) in [4.78, 5) is 14.1. The Kier molecular flexibility index (Phi) is 7.03. The number of nitrogens with zero attached hydrogens (tertiary/aromatic N) is 2. The lowest BCUT2D eigenvalue weighted by Gasteiger charge is -2.33. The molecule has 0 bridgehead atoms. The summed E-state index contributed by atoms with van der Waals surface area (Å²) in [5, 5.41) is 2.21. The van der Waals surface area contributed by atoms with Crippen LogP contribution in [-0.4, -0.2) is 56.3 Å². The number of hydrogen-bond acceptors (Lipinski definition) is 4. The van der Waals surface area contributed by atoms with Crippen LogP contribution in [0.1, 0.15) is 25.3 Å². The van der Waals surface area contributed by atoms with Crippen LogP contribution in [-0.2, 0) is 14.8 Å². The van der Waals surface area contributed by atoms with Crippen LogP contribution in [0, 0.1) is 17.5 Å². The molecule has 1 N–H and O–H groups in total. The predicted molar refractivity (Wildman–Crippen MR) is 111 cm³/mol. The Labute approximate surface area is 179 Å². The van der Waals surface area contributed by atoms with Crippen LogP contribution in [0.15, 0.2) is 41.3 Å². The molecule has 0 aromatic heterocycles. The number of carbonyl (C=O) groups excluding carboxylic acids is 1. The minimum Gasteiger partial charge on any atom is -0.322 e. The lowest BCUT2D eigenvalue weighted by Crippen LogP contribution is -2.50. The van der Waals surface area contributed by atoms with Gasteiger partial charge in [-0.3, -0.25) is 9.69 Å². The van der Waals surface area contributed by atoms with Gasteiger partial charge in [0.2, 0.25) is 15.9 Å². The number of amides is 1. The van der Waals surface area contributed by atoms with Gasteiger partial charge in [-0.05, 0) is 35.7 Å². The van der Waals surface area contributed by atoms with Gasteiger partial charge < -0.3 is 5.32 Å². The maximum Gasteiger partial charge on any atom is 0.243 e. The lowest BCUT2D eigenvalue weighted by molar-refractivity contribution is -0.117. The fourth-order valence-corrected chi connectivity index (χ4v) is 4.74. The molecular formula is C21H24F3N3O3S. The molecule has 0 unspecified atom stereocenters.